The highest BCUT2D eigenvalue weighted by molar-refractivity contribution is 5.85. The van der Waals surface area contributed by atoms with Crippen LogP contribution >= 0.6 is 0 Å². The minimum Gasteiger partial charge on any atom is -0.381 e. The lowest BCUT2D eigenvalue weighted by atomic mass is 9.68. The van der Waals surface area contributed by atoms with Crippen molar-refractivity contribution in [3.8, 4) is 0 Å². The van der Waals surface area contributed by atoms with E-state index in [1.807, 2.05) is 58.6 Å². The molecule has 38 heavy (non-hydrogen) atoms. The molecule has 6 atom stereocenters. The molecule has 0 heterocycles. The van der Waals surface area contributed by atoms with Gasteiger partial charge in [0.2, 0.25) is 5.91 Å². The van der Waals surface area contributed by atoms with E-state index in [1.54, 1.807) is 14.0 Å². The summed E-state index contributed by atoms with van der Waals surface area (Å²) in [6.07, 6.45) is 6.00. The minimum absolute atomic E-state index is 0.0258. The van der Waals surface area contributed by atoms with Gasteiger partial charge in [0.05, 0.1) is 6.10 Å². The molecule has 0 fully saturated rings. The molecule has 3 unspecified atom stereocenters. The Balaban J connectivity index is 6.01. The van der Waals surface area contributed by atoms with Gasteiger partial charge >= 0.3 is 0 Å². The number of ether oxygens (including phenoxy) is 1. The van der Waals surface area contributed by atoms with Gasteiger partial charge in [-0.1, -0.05) is 81.4 Å². The minimum atomic E-state index is -0.435. The molecular weight excluding hydrogens is 476 g/mol. The summed E-state index contributed by atoms with van der Waals surface area (Å²) in [6, 6.07) is -0.302. The maximum atomic E-state index is 14.0. The van der Waals surface area contributed by atoms with Gasteiger partial charge in [0.15, 0.2) is 0 Å². The summed E-state index contributed by atoms with van der Waals surface area (Å²) < 4.78 is 5.87. The Morgan fingerprint density at radius 3 is 1.89 bits per heavy atom. The highest BCUT2D eigenvalue weighted by Gasteiger charge is 2.47. The molecule has 0 radical (unpaired) electrons. The van der Waals surface area contributed by atoms with Crippen LogP contribution in [0, 0.1) is 34.5 Å². The fourth-order valence-electron chi connectivity index (χ4n) is 6.75. The Morgan fingerprint density at radius 1 is 0.947 bits per heavy atom. The maximum absolute atomic E-state index is 14.0. The van der Waals surface area contributed by atoms with Crippen LogP contribution in [0.4, 0.5) is 0 Å². The Kier molecular flexibility index (Phi) is 15.9. The average Bonchev–Trinajstić information content (AvgIpc) is 2.81. The van der Waals surface area contributed by atoms with E-state index in [2.05, 4.69) is 39.9 Å². The van der Waals surface area contributed by atoms with Gasteiger partial charge in [-0.2, -0.15) is 0 Å². The van der Waals surface area contributed by atoms with Crippen molar-refractivity contribution in [1.82, 2.24) is 10.2 Å². The van der Waals surface area contributed by atoms with Crippen molar-refractivity contribution >= 4 is 17.5 Å². The van der Waals surface area contributed by atoms with Crippen LogP contribution in [-0.2, 0) is 19.1 Å². The standard InChI is InChI=1S/C32H60N2O4/c1-14-17-22(4)28(36)23(5)20-31(9,10)21-24(6)29(37)25(7)30(32(11,12)27(15-2)38-13)34(26(8)35)19-18-33-16-3/h14,17,22-25,27,30,33H,15-16,18-21H2,1-13H3/b17-14+/t22?,23-,24-,25?,27-,30?/m1/s1. The Labute approximate surface area is 234 Å². The predicted octanol–water partition coefficient (Wildman–Crippen LogP) is 6.33. The zero-order valence-corrected chi connectivity index (χ0v) is 26.9. The first-order chi connectivity index (χ1) is 17.5. The van der Waals surface area contributed by atoms with Crippen molar-refractivity contribution < 1.29 is 19.1 Å². The molecule has 6 heteroatoms. The second-order valence-corrected chi connectivity index (χ2v) is 12.7. The Morgan fingerprint density at radius 2 is 1.47 bits per heavy atom. The number of likely N-dealkylation sites (N-methyl/N-ethyl adjacent to an activating group) is 1. The number of nitrogens with zero attached hydrogens (tertiary/aromatic N) is 1. The van der Waals surface area contributed by atoms with Gasteiger partial charge < -0.3 is 15.0 Å². The summed E-state index contributed by atoms with van der Waals surface area (Å²) in [7, 11) is 1.71. The first kappa shape index (κ1) is 36.5. The molecule has 0 aromatic rings. The lowest BCUT2D eigenvalue weighted by Gasteiger charge is -2.48. The summed E-state index contributed by atoms with van der Waals surface area (Å²) >= 11 is 0. The molecule has 0 saturated heterocycles. The average molecular weight is 537 g/mol. The Hall–Kier alpha value is -1.53. The summed E-state index contributed by atoms with van der Waals surface area (Å²) in [5.74, 6) is -0.347. The van der Waals surface area contributed by atoms with Gasteiger partial charge in [-0.25, -0.2) is 0 Å². The van der Waals surface area contributed by atoms with Crippen LogP contribution in [0.15, 0.2) is 12.2 Å². The molecule has 222 valence electrons. The number of methoxy groups -OCH3 is 1. The zero-order chi connectivity index (χ0) is 29.8. The van der Waals surface area contributed by atoms with Crippen molar-refractivity contribution in [3.63, 3.8) is 0 Å². The van der Waals surface area contributed by atoms with E-state index in [4.69, 9.17) is 4.74 Å². The third kappa shape index (κ3) is 10.6. The van der Waals surface area contributed by atoms with Crippen LogP contribution in [0.1, 0.15) is 102 Å². The molecule has 0 aliphatic rings. The number of hydrogen-bond donors (Lipinski definition) is 1. The molecule has 0 aromatic carbocycles. The van der Waals surface area contributed by atoms with E-state index in [0.717, 1.165) is 19.4 Å². The number of nitrogens with one attached hydrogen (secondary N) is 1. The van der Waals surface area contributed by atoms with Gasteiger partial charge in [0.1, 0.15) is 11.6 Å². The lowest BCUT2D eigenvalue weighted by molar-refractivity contribution is -0.145. The van der Waals surface area contributed by atoms with Crippen LogP contribution < -0.4 is 5.32 Å². The molecule has 0 aliphatic carbocycles. The largest absolute Gasteiger partial charge is 0.381 e. The highest BCUT2D eigenvalue weighted by Crippen LogP contribution is 2.40. The smallest absolute Gasteiger partial charge is 0.219 e. The van der Waals surface area contributed by atoms with Crippen molar-refractivity contribution in [2.24, 2.45) is 34.5 Å². The summed E-state index contributed by atoms with van der Waals surface area (Å²) in [6.45, 7) is 26.2. The van der Waals surface area contributed by atoms with Gasteiger partial charge in [-0.05, 0) is 38.1 Å². The number of hydrogen-bond acceptors (Lipinski definition) is 5. The van der Waals surface area contributed by atoms with Crippen LogP contribution in [0.3, 0.4) is 0 Å². The molecule has 0 spiro atoms. The molecule has 0 saturated carbocycles. The van der Waals surface area contributed by atoms with Gasteiger partial charge in [-0.3, -0.25) is 14.4 Å². The molecule has 6 nitrogen and oxygen atoms in total. The molecule has 0 aliphatic heterocycles. The van der Waals surface area contributed by atoms with E-state index >= 15 is 0 Å². The van der Waals surface area contributed by atoms with Crippen LogP contribution in [-0.4, -0.2) is 61.3 Å². The van der Waals surface area contributed by atoms with Crippen LogP contribution in [0.2, 0.25) is 0 Å². The van der Waals surface area contributed by atoms with Crippen molar-refractivity contribution in [2.45, 2.75) is 114 Å². The molecule has 0 rings (SSSR count). The third-order valence-electron chi connectivity index (χ3n) is 8.31. The molecule has 0 bridgehead atoms. The van der Waals surface area contributed by atoms with Gasteiger partial charge in [0, 0.05) is 62.3 Å². The number of rotatable bonds is 19. The summed E-state index contributed by atoms with van der Waals surface area (Å²) in [5.41, 5.74) is -0.607. The Bertz CT molecular complexity index is 769. The van der Waals surface area contributed by atoms with Crippen LogP contribution in [0.5, 0.6) is 0 Å². The van der Waals surface area contributed by atoms with E-state index in [0.29, 0.717) is 19.5 Å². The number of amides is 1. The monoisotopic (exact) mass is 536 g/mol. The quantitative estimate of drug-likeness (QED) is 0.154. The SMILES string of the molecule is C/C=C/C(C)C(=O)[C@H](C)CC(C)(C)C[C@@H](C)C(=O)C(C)C(N(CCNCC)C(C)=O)C(C)(C)[C@@H](CC)OC. The van der Waals surface area contributed by atoms with Crippen molar-refractivity contribution in [3.05, 3.63) is 12.2 Å². The van der Waals surface area contributed by atoms with Crippen molar-refractivity contribution in [2.75, 3.05) is 26.7 Å². The normalized spacial score (nSPS) is 17.5. The van der Waals surface area contributed by atoms with E-state index in [-0.39, 0.29) is 58.7 Å². The number of Topliss-reactive ketones (excluding diaryl/α,β-unsaturated/α-hetero) is 2. The van der Waals surface area contributed by atoms with Crippen molar-refractivity contribution in [1.29, 1.82) is 0 Å². The van der Waals surface area contributed by atoms with Gasteiger partial charge in [-0.15, -0.1) is 0 Å². The lowest BCUT2D eigenvalue weighted by Crippen LogP contribution is -2.58. The molecule has 1 N–H and O–H groups in total. The first-order valence-electron chi connectivity index (χ1n) is 14.7. The molecular formula is C32H60N2O4. The van der Waals surface area contributed by atoms with E-state index in [1.165, 1.54) is 0 Å². The highest BCUT2D eigenvalue weighted by atomic mass is 16.5. The fraction of sp³-hybridized carbons (Fsp3) is 0.844. The maximum Gasteiger partial charge on any atom is 0.219 e. The predicted molar refractivity (Wildman–Crippen MR) is 159 cm³/mol. The molecule has 1 amide bonds. The van der Waals surface area contributed by atoms with E-state index in [9.17, 15) is 14.4 Å². The number of carbonyl (C=O) groups excluding carboxylic acids is 3. The second-order valence-electron chi connectivity index (χ2n) is 12.7. The summed E-state index contributed by atoms with van der Waals surface area (Å²) in [5, 5.41) is 3.32. The molecule has 0 aromatic heterocycles. The van der Waals surface area contributed by atoms with Gasteiger partial charge in [0.25, 0.3) is 0 Å². The first-order valence-corrected chi connectivity index (χ1v) is 14.7. The zero-order valence-electron chi connectivity index (χ0n) is 26.9. The van der Waals surface area contributed by atoms with E-state index < -0.39 is 5.41 Å². The number of carbonyl (C=O) groups is 3. The number of allylic oxidation sites excluding steroid dienone is 2. The fourth-order valence-corrected chi connectivity index (χ4v) is 6.75. The van der Waals surface area contributed by atoms with Crippen LogP contribution in [0.25, 0.3) is 0 Å². The number of ketones is 2. The second kappa shape index (κ2) is 16.5. The third-order valence-corrected chi connectivity index (χ3v) is 8.31. The topological polar surface area (TPSA) is 75.7 Å². The summed E-state index contributed by atoms with van der Waals surface area (Å²) in [4.78, 5) is 41.7.